The number of nitrogens with one attached hydrogen (secondary N) is 3. The van der Waals surface area contributed by atoms with E-state index in [0.29, 0.717) is 27.0 Å². The Labute approximate surface area is 232 Å². The van der Waals surface area contributed by atoms with Crippen LogP contribution in [-0.2, 0) is 0 Å². The molecule has 0 atom stereocenters. The van der Waals surface area contributed by atoms with Crippen LogP contribution in [0.15, 0.2) is 97.2 Å². The molecule has 0 aliphatic rings. The minimum Gasteiger partial charge on any atom is -0.505 e. The second-order valence-electron chi connectivity index (χ2n) is 8.63. The van der Waals surface area contributed by atoms with Crippen molar-refractivity contribution in [3.8, 4) is 27.5 Å². The Hall–Kier alpha value is -5.73. The first-order chi connectivity index (χ1) is 19.6. The first-order valence-corrected chi connectivity index (χ1v) is 12.9. The van der Waals surface area contributed by atoms with Crippen LogP contribution in [-0.4, -0.2) is 31.0 Å². The number of rotatable bonds is 7. The number of hydrogen-bond donors (Lipinski definition) is 4. The van der Waals surface area contributed by atoms with Gasteiger partial charge in [0.2, 0.25) is 5.13 Å². The van der Waals surface area contributed by atoms with Gasteiger partial charge in [0.05, 0.1) is 11.8 Å². The van der Waals surface area contributed by atoms with Gasteiger partial charge < -0.3 is 10.4 Å². The molecule has 10 nitrogen and oxygen atoms in total. The van der Waals surface area contributed by atoms with Gasteiger partial charge in [0, 0.05) is 16.6 Å². The van der Waals surface area contributed by atoms with E-state index in [1.807, 2.05) is 72.8 Å². The Morgan fingerprint density at radius 2 is 1.65 bits per heavy atom. The minimum absolute atomic E-state index is 0.0810. The summed E-state index contributed by atoms with van der Waals surface area (Å²) < 4.78 is 1.46. The van der Waals surface area contributed by atoms with Crippen molar-refractivity contribution < 1.29 is 9.90 Å². The van der Waals surface area contributed by atoms with E-state index < -0.39 is 5.91 Å². The normalized spacial score (nSPS) is 10.7. The van der Waals surface area contributed by atoms with Gasteiger partial charge in [-0.05, 0) is 23.6 Å². The van der Waals surface area contributed by atoms with Gasteiger partial charge in [0.15, 0.2) is 11.6 Å². The fourth-order valence-electron chi connectivity index (χ4n) is 4.17. The van der Waals surface area contributed by atoms with Crippen LogP contribution in [0.5, 0.6) is 5.75 Å². The molecule has 0 unspecified atom stereocenters. The molecule has 0 fully saturated rings. The van der Waals surface area contributed by atoms with E-state index in [2.05, 4.69) is 37.5 Å². The van der Waals surface area contributed by atoms with Crippen molar-refractivity contribution in [3.05, 3.63) is 108 Å². The molecule has 0 bridgehead atoms. The Bertz CT molecular complexity index is 1880. The van der Waals surface area contributed by atoms with Crippen LogP contribution in [0, 0.1) is 11.3 Å². The lowest BCUT2D eigenvalue weighted by Crippen LogP contribution is -2.16. The number of carbonyl (C=O) groups excluding carboxylic acids is 1. The standard InChI is InChI=1S/C29H20N8O2S/c30-16-20-17-31-37(29-36-35-28(40-29)18-9-3-1-4-10-18)26(20)34-33-24-22-14-8-7-11-19(22)15-23(25(24)38)27(39)32-21-12-5-2-6-13-21/h1-15,17,33-34,38H,(H,32,39). The topological polar surface area (TPSA) is 141 Å². The molecular weight excluding hydrogens is 524 g/mol. The SMILES string of the molecule is N#Cc1cnn(-c2nnc(-c3ccccc3)s2)c1NNc1c(O)c(C(=O)Nc2ccccc2)cc2ccccc12. The van der Waals surface area contributed by atoms with Gasteiger partial charge in [0.1, 0.15) is 22.3 Å². The highest BCUT2D eigenvalue weighted by molar-refractivity contribution is 7.17. The molecule has 2 heterocycles. The number of hydrogen-bond acceptors (Lipinski definition) is 9. The number of nitriles is 1. The van der Waals surface area contributed by atoms with Crippen molar-refractivity contribution in [2.45, 2.75) is 0 Å². The molecular formula is C29H20N8O2S. The number of anilines is 3. The summed E-state index contributed by atoms with van der Waals surface area (Å²) in [6, 6.07) is 29.7. The highest BCUT2D eigenvalue weighted by Gasteiger charge is 2.21. The maximum Gasteiger partial charge on any atom is 0.259 e. The summed E-state index contributed by atoms with van der Waals surface area (Å²) in [6.45, 7) is 0. The summed E-state index contributed by atoms with van der Waals surface area (Å²) in [5.41, 5.74) is 8.10. The fourth-order valence-corrected chi connectivity index (χ4v) is 4.99. The summed E-state index contributed by atoms with van der Waals surface area (Å²) in [4.78, 5) is 13.1. The number of benzene rings is 4. The Balaban J connectivity index is 1.35. The van der Waals surface area contributed by atoms with Crippen LogP contribution < -0.4 is 16.2 Å². The van der Waals surface area contributed by atoms with E-state index >= 15 is 0 Å². The van der Waals surface area contributed by atoms with Gasteiger partial charge in [-0.2, -0.15) is 15.0 Å². The van der Waals surface area contributed by atoms with Gasteiger partial charge in [-0.15, -0.1) is 10.2 Å². The number of nitrogens with zero attached hydrogens (tertiary/aromatic N) is 5. The first-order valence-electron chi connectivity index (χ1n) is 12.1. The first kappa shape index (κ1) is 24.6. The van der Waals surface area contributed by atoms with E-state index in [1.54, 1.807) is 18.2 Å². The third-order valence-electron chi connectivity index (χ3n) is 6.11. The molecule has 11 heteroatoms. The number of phenolic OH excluding ortho intramolecular Hbond substituents is 1. The number of amides is 1. The van der Waals surface area contributed by atoms with E-state index in [-0.39, 0.29) is 22.6 Å². The van der Waals surface area contributed by atoms with Crippen molar-refractivity contribution in [1.29, 1.82) is 5.26 Å². The summed E-state index contributed by atoms with van der Waals surface area (Å²) in [6.07, 6.45) is 1.41. The number of hydrazine groups is 1. The maximum atomic E-state index is 13.1. The molecule has 0 aliphatic heterocycles. The highest BCUT2D eigenvalue weighted by atomic mass is 32.1. The number of phenols is 1. The van der Waals surface area contributed by atoms with Gasteiger partial charge in [-0.25, -0.2) is 0 Å². The zero-order chi connectivity index (χ0) is 27.5. The van der Waals surface area contributed by atoms with Crippen molar-refractivity contribution in [1.82, 2.24) is 20.0 Å². The molecule has 4 N–H and O–H groups in total. The number of carbonyl (C=O) groups is 1. The van der Waals surface area contributed by atoms with Crippen molar-refractivity contribution in [2.24, 2.45) is 0 Å². The van der Waals surface area contributed by atoms with Gasteiger partial charge in [-0.1, -0.05) is 84.1 Å². The maximum absolute atomic E-state index is 13.1. The highest BCUT2D eigenvalue weighted by Crippen LogP contribution is 2.37. The molecule has 194 valence electrons. The second-order valence-corrected chi connectivity index (χ2v) is 9.58. The van der Waals surface area contributed by atoms with E-state index in [9.17, 15) is 15.2 Å². The largest absolute Gasteiger partial charge is 0.505 e. The lowest BCUT2D eigenvalue weighted by Gasteiger charge is -2.17. The predicted octanol–water partition coefficient (Wildman–Crippen LogP) is 5.81. The van der Waals surface area contributed by atoms with Crippen LogP contribution >= 0.6 is 11.3 Å². The predicted molar refractivity (Wildman–Crippen MR) is 154 cm³/mol. The third kappa shape index (κ3) is 4.66. The third-order valence-corrected chi connectivity index (χ3v) is 7.06. The molecule has 40 heavy (non-hydrogen) atoms. The monoisotopic (exact) mass is 544 g/mol. The quantitative estimate of drug-likeness (QED) is 0.146. The number of para-hydroxylation sites is 1. The van der Waals surface area contributed by atoms with Gasteiger partial charge >= 0.3 is 0 Å². The van der Waals surface area contributed by atoms with E-state index in [0.717, 1.165) is 10.9 Å². The fraction of sp³-hybridized carbons (Fsp3) is 0. The number of fused-ring (bicyclic) bond motifs is 1. The molecule has 4 aromatic carbocycles. The number of aromatic hydroxyl groups is 1. The summed E-state index contributed by atoms with van der Waals surface area (Å²) in [7, 11) is 0. The van der Waals surface area contributed by atoms with Crippen LogP contribution in [0.25, 0.3) is 26.5 Å². The molecule has 6 rings (SSSR count). The van der Waals surface area contributed by atoms with Crippen LogP contribution in [0.3, 0.4) is 0 Å². The smallest absolute Gasteiger partial charge is 0.259 e. The molecule has 6 aromatic rings. The molecule has 0 saturated heterocycles. The zero-order valence-corrected chi connectivity index (χ0v) is 21.6. The minimum atomic E-state index is -0.470. The summed E-state index contributed by atoms with van der Waals surface area (Å²) in [5, 5.41) is 39.2. The van der Waals surface area contributed by atoms with Crippen molar-refractivity contribution in [2.75, 3.05) is 16.2 Å². The van der Waals surface area contributed by atoms with Crippen molar-refractivity contribution in [3.63, 3.8) is 0 Å². The summed E-state index contributed by atoms with van der Waals surface area (Å²) in [5.74, 6) is -0.435. The lowest BCUT2D eigenvalue weighted by atomic mass is 10.0. The molecule has 0 radical (unpaired) electrons. The Morgan fingerprint density at radius 1 is 0.925 bits per heavy atom. The molecule has 0 saturated carbocycles. The van der Waals surface area contributed by atoms with Crippen LogP contribution in [0.4, 0.5) is 17.2 Å². The Morgan fingerprint density at radius 3 is 2.42 bits per heavy atom. The van der Waals surface area contributed by atoms with E-state index in [1.165, 1.54) is 22.2 Å². The molecule has 0 aliphatic carbocycles. The second kappa shape index (κ2) is 10.6. The van der Waals surface area contributed by atoms with Crippen LogP contribution in [0.2, 0.25) is 0 Å². The van der Waals surface area contributed by atoms with Crippen LogP contribution in [0.1, 0.15) is 15.9 Å². The Kier molecular flexibility index (Phi) is 6.50. The average Bonchev–Trinajstić information content (AvgIpc) is 3.64. The molecule has 2 aromatic heterocycles. The van der Waals surface area contributed by atoms with Crippen molar-refractivity contribution >= 4 is 45.2 Å². The lowest BCUT2D eigenvalue weighted by molar-refractivity contribution is 0.102. The van der Waals surface area contributed by atoms with E-state index in [4.69, 9.17) is 0 Å². The zero-order valence-electron chi connectivity index (χ0n) is 20.7. The van der Waals surface area contributed by atoms with Gasteiger partial charge in [-0.3, -0.25) is 15.6 Å². The van der Waals surface area contributed by atoms with Gasteiger partial charge in [0.25, 0.3) is 5.91 Å². The number of aromatic nitrogens is 4. The molecule has 1 amide bonds. The summed E-state index contributed by atoms with van der Waals surface area (Å²) >= 11 is 1.31. The molecule has 0 spiro atoms. The average molecular weight is 545 g/mol.